The molecule has 1 aliphatic rings. The summed E-state index contributed by atoms with van der Waals surface area (Å²) in [4.78, 5) is 1.68. The number of aliphatic hydroxyl groups is 1. The molecule has 2 aromatic carbocycles. The second-order valence-corrected chi connectivity index (χ2v) is 6.73. The fourth-order valence-corrected chi connectivity index (χ4v) is 3.48. The van der Waals surface area contributed by atoms with E-state index in [0.717, 1.165) is 17.7 Å². The van der Waals surface area contributed by atoms with E-state index in [1.807, 2.05) is 36.4 Å². The van der Waals surface area contributed by atoms with Gasteiger partial charge in [0.05, 0.1) is 18.6 Å². The molecule has 0 bridgehead atoms. The molecule has 1 saturated heterocycles. The second-order valence-electron chi connectivity index (χ2n) is 6.73. The van der Waals surface area contributed by atoms with Gasteiger partial charge in [0.2, 0.25) is 0 Å². The molecule has 0 aliphatic carbocycles. The van der Waals surface area contributed by atoms with Crippen molar-refractivity contribution in [2.45, 2.75) is 32.0 Å². The lowest BCUT2D eigenvalue weighted by molar-refractivity contribution is -0.168. The standard InChI is InChI=1S/C20H22F3NO/c1-14-4-2-3-5-16(14)10-15-6-8-18(9-7-15)24-12-17(20(21,22)23)11-19(24)13-25/h2-9,17,19,25H,10-13H2,1H3. The van der Waals surface area contributed by atoms with Gasteiger partial charge in [-0.25, -0.2) is 0 Å². The number of aliphatic hydroxyl groups excluding tert-OH is 1. The van der Waals surface area contributed by atoms with Gasteiger partial charge in [0.25, 0.3) is 0 Å². The van der Waals surface area contributed by atoms with Gasteiger partial charge in [-0.3, -0.25) is 0 Å². The number of anilines is 1. The van der Waals surface area contributed by atoms with Crippen LogP contribution in [-0.4, -0.2) is 30.5 Å². The lowest BCUT2D eigenvalue weighted by Gasteiger charge is -2.25. The molecule has 1 fully saturated rings. The Hall–Kier alpha value is -2.01. The third-order valence-electron chi connectivity index (χ3n) is 5.01. The number of nitrogens with zero attached hydrogens (tertiary/aromatic N) is 1. The molecule has 0 radical (unpaired) electrons. The molecule has 0 amide bonds. The molecule has 2 unspecified atom stereocenters. The highest BCUT2D eigenvalue weighted by molar-refractivity contribution is 5.50. The molecule has 1 aliphatic heterocycles. The number of alkyl halides is 3. The zero-order valence-corrected chi connectivity index (χ0v) is 14.1. The molecular weight excluding hydrogens is 327 g/mol. The maximum Gasteiger partial charge on any atom is 0.393 e. The van der Waals surface area contributed by atoms with Crippen LogP contribution in [0.15, 0.2) is 48.5 Å². The quantitative estimate of drug-likeness (QED) is 0.888. The van der Waals surface area contributed by atoms with E-state index in [0.29, 0.717) is 0 Å². The fourth-order valence-electron chi connectivity index (χ4n) is 3.48. The molecule has 0 aromatic heterocycles. The van der Waals surface area contributed by atoms with Crippen molar-refractivity contribution in [2.24, 2.45) is 5.92 Å². The third-order valence-corrected chi connectivity index (χ3v) is 5.01. The Balaban J connectivity index is 1.74. The first-order chi connectivity index (χ1) is 11.9. The average molecular weight is 349 g/mol. The molecule has 2 atom stereocenters. The minimum atomic E-state index is -4.22. The zero-order valence-electron chi connectivity index (χ0n) is 14.1. The predicted octanol–water partition coefficient (Wildman–Crippen LogP) is 4.34. The van der Waals surface area contributed by atoms with Crippen LogP contribution in [0.5, 0.6) is 0 Å². The van der Waals surface area contributed by atoms with E-state index in [4.69, 9.17) is 0 Å². The SMILES string of the molecule is Cc1ccccc1Cc1ccc(N2CC(C(F)(F)F)CC2CO)cc1. The molecule has 0 spiro atoms. The maximum absolute atomic E-state index is 13.0. The van der Waals surface area contributed by atoms with Gasteiger partial charge < -0.3 is 10.0 Å². The number of hydrogen-bond donors (Lipinski definition) is 1. The summed E-state index contributed by atoms with van der Waals surface area (Å²) in [5, 5.41) is 9.45. The lowest BCUT2D eigenvalue weighted by Crippen LogP contribution is -2.32. The van der Waals surface area contributed by atoms with Gasteiger partial charge in [-0.2, -0.15) is 13.2 Å². The average Bonchev–Trinajstić information content (AvgIpc) is 3.02. The molecule has 134 valence electrons. The van der Waals surface area contributed by atoms with Crippen LogP contribution in [0.2, 0.25) is 0 Å². The van der Waals surface area contributed by atoms with Gasteiger partial charge >= 0.3 is 6.18 Å². The largest absolute Gasteiger partial charge is 0.394 e. The van der Waals surface area contributed by atoms with E-state index < -0.39 is 18.1 Å². The Bertz CT molecular complexity index is 712. The smallest absolute Gasteiger partial charge is 0.393 e. The van der Waals surface area contributed by atoms with Crippen molar-refractivity contribution < 1.29 is 18.3 Å². The number of halogens is 3. The van der Waals surface area contributed by atoms with Gasteiger partial charge in [0.1, 0.15) is 0 Å². The lowest BCUT2D eigenvalue weighted by atomic mass is 10.0. The highest BCUT2D eigenvalue weighted by Gasteiger charge is 2.47. The van der Waals surface area contributed by atoms with E-state index in [1.54, 1.807) is 4.90 Å². The molecular formula is C20H22F3NO. The van der Waals surface area contributed by atoms with Gasteiger partial charge in [-0.1, -0.05) is 36.4 Å². The van der Waals surface area contributed by atoms with E-state index in [-0.39, 0.29) is 19.6 Å². The van der Waals surface area contributed by atoms with Crippen LogP contribution in [0.3, 0.4) is 0 Å². The topological polar surface area (TPSA) is 23.5 Å². The minimum Gasteiger partial charge on any atom is -0.394 e. The minimum absolute atomic E-state index is 0.0506. The predicted molar refractivity (Wildman–Crippen MR) is 92.8 cm³/mol. The zero-order chi connectivity index (χ0) is 18.0. The highest BCUT2D eigenvalue weighted by Crippen LogP contribution is 2.38. The molecule has 3 rings (SSSR count). The Morgan fingerprint density at radius 3 is 2.36 bits per heavy atom. The normalized spacial score (nSPS) is 20.9. The van der Waals surface area contributed by atoms with Crippen LogP contribution >= 0.6 is 0 Å². The van der Waals surface area contributed by atoms with Crippen LogP contribution in [0.25, 0.3) is 0 Å². The van der Waals surface area contributed by atoms with Crippen molar-refractivity contribution in [1.82, 2.24) is 0 Å². The molecule has 1 heterocycles. The van der Waals surface area contributed by atoms with E-state index in [2.05, 4.69) is 19.1 Å². The molecule has 2 aromatic rings. The molecule has 5 heteroatoms. The summed E-state index contributed by atoms with van der Waals surface area (Å²) in [6, 6.07) is 15.3. The molecule has 25 heavy (non-hydrogen) atoms. The van der Waals surface area contributed by atoms with Crippen LogP contribution in [0, 0.1) is 12.8 Å². The first-order valence-electron chi connectivity index (χ1n) is 8.46. The summed E-state index contributed by atoms with van der Waals surface area (Å²) in [6.07, 6.45) is -3.47. The monoisotopic (exact) mass is 349 g/mol. The van der Waals surface area contributed by atoms with Gasteiger partial charge in [-0.15, -0.1) is 0 Å². The van der Waals surface area contributed by atoms with Crippen molar-refractivity contribution >= 4 is 5.69 Å². The van der Waals surface area contributed by atoms with Crippen molar-refractivity contribution in [3.8, 4) is 0 Å². The van der Waals surface area contributed by atoms with E-state index in [9.17, 15) is 18.3 Å². The Morgan fingerprint density at radius 1 is 1.08 bits per heavy atom. The molecule has 1 N–H and O–H groups in total. The highest BCUT2D eigenvalue weighted by atomic mass is 19.4. The van der Waals surface area contributed by atoms with Crippen molar-refractivity contribution in [3.05, 3.63) is 65.2 Å². The number of aryl methyl sites for hydroxylation is 1. The van der Waals surface area contributed by atoms with Crippen LogP contribution in [-0.2, 0) is 6.42 Å². The summed E-state index contributed by atoms with van der Waals surface area (Å²) in [7, 11) is 0. The summed E-state index contributed by atoms with van der Waals surface area (Å²) in [5.41, 5.74) is 4.31. The van der Waals surface area contributed by atoms with Crippen molar-refractivity contribution in [3.63, 3.8) is 0 Å². The maximum atomic E-state index is 13.0. The first kappa shape index (κ1) is 17.8. The number of hydrogen-bond acceptors (Lipinski definition) is 2. The van der Waals surface area contributed by atoms with Crippen molar-refractivity contribution in [2.75, 3.05) is 18.1 Å². The van der Waals surface area contributed by atoms with E-state index in [1.165, 1.54) is 11.1 Å². The van der Waals surface area contributed by atoms with Crippen LogP contribution in [0.1, 0.15) is 23.1 Å². The number of benzene rings is 2. The summed E-state index contributed by atoms with van der Waals surface area (Å²) in [6.45, 7) is 1.71. The fraction of sp³-hybridized carbons (Fsp3) is 0.400. The van der Waals surface area contributed by atoms with Gasteiger partial charge in [0, 0.05) is 12.2 Å². The Kier molecular flexibility index (Phi) is 5.04. The summed E-state index contributed by atoms with van der Waals surface area (Å²) < 4.78 is 39.0. The van der Waals surface area contributed by atoms with Crippen LogP contribution in [0.4, 0.5) is 18.9 Å². The van der Waals surface area contributed by atoms with Gasteiger partial charge in [-0.05, 0) is 48.6 Å². The Labute approximate surface area is 145 Å². The van der Waals surface area contributed by atoms with E-state index >= 15 is 0 Å². The second kappa shape index (κ2) is 7.08. The van der Waals surface area contributed by atoms with Crippen molar-refractivity contribution in [1.29, 1.82) is 0 Å². The number of rotatable bonds is 4. The summed E-state index contributed by atoms with van der Waals surface area (Å²) in [5.74, 6) is -1.38. The van der Waals surface area contributed by atoms with Gasteiger partial charge in [0.15, 0.2) is 0 Å². The molecule has 2 nitrogen and oxygen atoms in total. The summed E-state index contributed by atoms with van der Waals surface area (Å²) >= 11 is 0. The molecule has 0 saturated carbocycles. The third kappa shape index (κ3) is 3.98. The first-order valence-corrected chi connectivity index (χ1v) is 8.46. The Morgan fingerprint density at radius 2 is 1.76 bits per heavy atom. The van der Waals surface area contributed by atoms with Crippen LogP contribution < -0.4 is 4.90 Å².